The van der Waals surface area contributed by atoms with E-state index in [2.05, 4.69) is 30.5 Å². The maximum Gasteiger partial charge on any atom is 0.0713 e. The van der Waals surface area contributed by atoms with E-state index in [0.717, 1.165) is 0 Å². The molecule has 0 unspecified atom stereocenters. The maximum absolute atomic E-state index is 4.99. The van der Waals surface area contributed by atoms with Crippen LogP contribution in [-0.2, 0) is 11.3 Å². The number of thioether (sulfide) groups is 1. The molecule has 0 spiro atoms. The molecule has 0 amide bonds. The topological polar surface area (TPSA) is 9.23 Å². The van der Waals surface area contributed by atoms with Crippen LogP contribution in [0.25, 0.3) is 0 Å². The Morgan fingerprint density at radius 1 is 1.27 bits per heavy atom. The zero-order chi connectivity index (χ0) is 8.10. The fraction of sp³-hybridized carbons (Fsp3) is 0.333. The van der Waals surface area contributed by atoms with Crippen LogP contribution in [0.3, 0.4) is 0 Å². The molecular weight excluding hydrogens is 156 g/mol. The van der Waals surface area contributed by atoms with Gasteiger partial charge in [-0.25, -0.2) is 0 Å². The number of rotatable bonds is 3. The summed E-state index contributed by atoms with van der Waals surface area (Å²) >= 11 is 1.75. The molecule has 1 aromatic carbocycles. The van der Waals surface area contributed by atoms with E-state index < -0.39 is 0 Å². The minimum atomic E-state index is 0.703. The van der Waals surface area contributed by atoms with Crippen molar-refractivity contribution in [3.05, 3.63) is 29.8 Å². The smallest absolute Gasteiger partial charge is 0.0713 e. The van der Waals surface area contributed by atoms with Crippen molar-refractivity contribution in [3.63, 3.8) is 0 Å². The van der Waals surface area contributed by atoms with Crippen molar-refractivity contribution in [1.29, 1.82) is 0 Å². The van der Waals surface area contributed by atoms with Gasteiger partial charge in [-0.05, 0) is 24.0 Å². The van der Waals surface area contributed by atoms with Crippen molar-refractivity contribution < 1.29 is 4.74 Å². The van der Waals surface area contributed by atoms with Crippen molar-refractivity contribution in [2.75, 3.05) is 13.4 Å². The largest absolute Gasteiger partial charge is 0.380 e. The Labute approximate surface area is 71.8 Å². The average Bonchev–Trinajstić information content (AvgIpc) is 2.07. The normalized spacial score (nSPS) is 10.0. The van der Waals surface area contributed by atoms with Crippen molar-refractivity contribution in [2.24, 2.45) is 0 Å². The summed E-state index contributed by atoms with van der Waals surface area (Å²) < 4.78 is 4.99. The molecule has 1 nitrogen and oxygen atoms in total. The second-order valence-corrected chi connectivity index (χ2v) is 3.16. The quantitative estimate of drug-likeness (QED) is 0.641. The molecule has 11 heavy (non-hydrogen) atoms. The van der Waals surface area contributed by atoms with Crippen LogP contribution in [-0.4, -0.2) is 13.4 Å². The highest BCUT2D eigenvalue weighted by Gasteiger charge is 1.91. The van der Waals surface area contributed by atoms with Gasteiger partial charge in [0.05, 0.1) is 6.61 Å². The van der Waals surface area contributed by atoms with Gasteiger partial charge in [0.25, 0.3) is 0 Å². The zero-order valence-corrected chi connectivity index (χ0v) is 7.65. The van der Waals surface area contributed by atoms with E-state index in [9.17, 15) is 0 Å². The lowest BCUT2D eigenvalue weighted by Gasteiger charge is -1.99. The molecule has 0 aliphatic rings. The first-order chi connectivity index (χ1) is 5.36. The lowest BCUT2D eigenvalue weighted by Crippen LogP contribution is -1.85. The summed E-state index contributed by atoms with van der Waals surface area (Å²) in [4.78, 5) is 1.30. The minimum absolute atomic E-state index is 0.703. The molecule has 60 valence electrons. The fourth-order valence-electron chi connectivity index (χ4n) is 0.888. The highest BCUT2D eigenvalue weighted by atomic mass is 32.2. The van der Waals surface area contributed by atoms with Crippen molar-refractivity contribution >= 4 is 11.8 Å². The van der Waals surface area contributed by atoms with Gasteiger partial charge < -0.3 is 4.74 Å². The van der Waals surface area contributed by atoms with Crippen LogP contribution in [0.2, 0.25) is 0 Å². The first-order valence-electron chi connectivity index (χ1n) is 3.48. The van der Waals surface area contributed by atoms with Crippen molar-refractivity contribution in [2.45, 2.75) is 11.5 Å². The van der Waals surface area contributed by atoms with E-state index >= 15 is 0 Å². The summed E-state index contributed by atoms with van der Waals surface area (Å²) in [6.07, 6.45) is 2.07. The summed E-state index contributed by atoms with van der Waals surface area (Å²) in [6, 6.07) is 8.41. The summed E-state index contributed by atoms with van der Waals surface area (Å²) in [7, 11) is 1.71. The molecule has 0 bridgehead atoms. The number of hydrogen-bond donors (Lipinski definition) is 0. The van der Waals surface area contributed by atoms with Gasteiger partial charge in [-0.15, -0.1) is 11.8 Å². The molecule has 0 N–H and O–H groups in total. The molecule has 1 aromatic rings. The second-order valence-electron chi connectivity index (χ2n) is 2.28. The van der Waals surface area contributed by atoms with E-state index in [0.29, 0.717) is 6.61 Å². The van der Waals surface area contributed by atoms with Crippen LogP contribution < -0.4 is 0 Å². The molecular formula is C9H12OS. The van der Waals surface area contributed by atoms with Gasteiger partial charge in [0.2, 0.25) is 0 Å². The van der Waals surface area contributed by atoms with E-state index in [1.54, 1.807) is 18.9 Å². The molecule has 0 fully saturated rings. The molecule has 0 aromatic heterocycles. The Kier molecular flexibility index (Phi) is 3.46. The Morgan fingerprint density at radius 2 is 1.91 bits per heavy atom. The Balaban J connectivity index is 2.66. The van der Waals surface area contributed by atoms with Gasteiger partial charge in [0.1, 0.15) is 0 Å². The molecule has 2 heteroatoms. The van der Waals surface area contributed by atoms with Crippen molar-refractivity contribution in [3.8, 4) is 0 Å². The van der Waals surface area contributed by atoms with E-state index in [1.807, 2.05) is 0 Å². The number of methoxy groups -OCH3 is 1. The minimum Gasteiger partial charge on any atom is -0.380 e. The molecule has 0 heterocycles. The Bertz CT molecular complexity index is 205. The van der Waals surface area contributed by atoms with Crippen LogP contribution in [0.4, 0.5) is 0 Å². The Hall–Kier alpha value is -0.470. The third-order valence-electron chi connectivity index (χ3n) is 1.47. The molecule has 0 radical (unpaired) electrons. The fourth-order valence-corrected chi connectivity index (χ4v) is 1.30. The van der Waals surface area contributed by atoms with Crippen molar-refractivity contribution in [1.82, 2.24) is 0 Å². The maximum atomic E-state index is 4.99. The average molecular weight is 168 g/mol. The first-order valence-corrected chi connectivity index (χ1v) is 4.71. The third-order valence-corrected chi connectivity index (χ3v) is 2.21. The lowest BCUT2D eigenvalue weighted by atomic mass is 10.2. The van der Waals surface area contributed by atoms with Crippen LogP contribution in [0, 0.1) is 0 Å². The summed E-state index contributed by atoms with van der Waals surface area (Å²) in [5.74, 6) is 0. The van der Waals surface area contributed by atoms with Gasteiger partial charge in [-0.1, -0.05) is 12.1 Å². The molecule has 0 aliphatic carbocycles. The van der Waals surface area contributed by atoms with Crippen LogP contribution in [0.15, 0.2) is 29.2 Å². The number of hydrogen-bond acceptors (Lipinski definition) is 2. The van der Waals surface area contributed by atoms with E-state index in [1.165, 1.54) is 10.5 Å². The predicted molar refractivity (Wildman–Crippen MR) is 48.9 cm³/mol. The van der Waals surface area contributed by atoms with E-state index in [-0.39, 0.29) is 0 Å². The molecule has 0 aliphatic heterocycles. The van der Waals surface area contributed by atoms with Gasteiger partial charge >= 0.3 is 0 Å². The SMILES string of the molecule is COCc1ccc(SC)cc1. The monoisotopic (exact) mass is 168 g/mol. The molecule has 0 saturated carbocycles. The highest BCUT2D eigenvalue weighted by Crippen LogP contribution is 2.14. The van der Waals surface area contributed by atoms with Gasteiger partial charge in [-0.2, -0.15) is 0 Å². The van der Waals surface area contributed by atoms with Gasteiger partial charge in [-0.3, -0.25) is 0 Å². The number of ether oxygens (including phenoxy) is 1. The molecule has 1 rings (SSSR count). The Morgan fingerprint density at radius 3 is 2.36 bits per heavy atom. The van der Waals surface area contributed by atoms with E-state index in [4.69, 9.17) is 4.74 Å². The number of benzene rings is 1. The van der Waals surface area contributed by atoms with Crippen LogP contribution in [0.1, 0.15) is 5.56 Å². The highest BCUT2D eigenvalue weighted by molar-refractivity contribution is 7.98. The van der Waals surface area contributed by atoms with Crippen LogP contribution in [0.5, 0.6) is 0 Å². The first kappa shape index (κ1) is 8.62. The van der Waals surface area contributed by atoms with Crippen LogP contribution >= 0.6 is 11.8 Å². The third kappa shape index (κ3) is 2.56. The van der Waals surface area contributed by atoms with Gasteiger partial charge in [0, 0.05) is 12.0 Å². The summed E-state index contributed by atoms with van der Waals surface area (Å²) in [5, 5.41) is 0. The predicted octanol–water partition coefficient (Wildman–Crippen LogP) is 2.55. The summed E-state index contributed by atoms with van der Waals surface area (Å²) in [5.41, 5.74) is 1.23. The zero-order valence-electron chi connectivity index (χ0n) is 6.83. The molecule has 0 saturated heterocycles. The molecule has 0 atom stereocenters. The second kappa shape index (κ2) is 4.42. The lowest BCUT2D eigenvalue weighted by molar-refractivity contribution is 0.185. The summed E-state index contributed by atoms with van der Waals surface area (Å²) in [6.45, 7) is 0.703. The standard InChI is InChI=1S/C9H12OS/c1-10-7-8-3-5-9(11-2)6-4-8/h3-6H,7H2,1-2H3. The van der Waals surface area contributed by atoms with Gasteiger partial charge in [0.15, 0.2) is 0 Å².